The SMILES string of the molecule is Cc1ccc2c(c1)OC(C)(C)C[C@H]2NC(=O)c1ccc(Cn2ccnc2)cc1. The van der Waals surface area contributed by atoms with Gasteiger partial charge in [-0.15, -0.1) is 0 Å². The number of amides is 1. The molecule has 1 aliphatic heterocycles. The number of hydrogen-bond acceptors (Lipinski definition) is 3. The van der Waals surface area contributed by atoms with E-state index in [4.69, 9.17) is 4.74 Å². The fourth-order valence-electron chi connectivity index (χ4n) is 3.68. The summed E-state index contributed by atoms with van der Waals surface area (Å²) in [6, 6.07) is 13.8. The Bertz CT molecular complexity index is 976. The van der Waals surface area contributed by atoms with Gasteiger partial charge in [-0.1, -0.05) is 24.3 Å². The highest BCUT2D eigenvalue weighted by Crippen LogP contribution is 2.40. The summed E-state index contributed by atoms with van der Waals surface area (Å²) in [4.78, 5) is 16.9. The molecule has 1 aliphatic rings. The van der Waals surface area contributed by atoms with Crippen LogP contribution in [0, 0.1) is 6.92 Å². The Hall–Kier alpha value is -3.08. The summed E-state index contributed by atoms with van der Waals surface area (Å²) < 4.78 is 8.12. The van der Waals surface area contributed by atoms with Crippen LogP contribution in [0.25, 0.3) is 0 Å². The van der Waals surface area contributed by atoms with E-state index < -0.39 is 0 Å². The van der Waals surface area contributed by atoms with Crippen LogP contribution >= 0.6 is 0 Å². The number of fused-ring (bicyclic) bond motifs is 1. The van der Waals surface area contributed by atoms with Gasteiger partial charge in [0.05, 0.1) is 12.4 Å². The zero-order valence-electron chi connectivity index (χ0n) is 16.5. The van der Waals surface area contributed by atoms with Crippen molar-refractivity contribution in [1.29, 1.82) is 0 Å². The summed E-state index contributed by atoms with van der Waals surface area (Å²) in [5, 5.41) is 3.20. The average Bonchev–Trinajstić information content (AvgIpc) is 3.14. The number of carbonyl (C=O) groups excluding carboxylic acids is 1. The van der Waals surface area contributed by atoms with Gasteiger partial charge in [-0.05, 0) is 50.1 Å². The first kappa shape index (κ1) is 18.3. The summed E-state index contributed by atoms with van der Waals surface area (Å²) >= 11 is 0. The molecule has 0 radical (unpaired) electrons. The zero-order valence-corrected chi connectivity index (χ0v) is 16.5. The normalized spacial score (nSPS) is 17.5. The van der Waals surface area contributed by atoms with E-state index in [1.54, 1.807) is 12.5 Å². The first-order valence-electron chi connectivity index (χ1n) is 9.55. The van der Waals surface area contributed by atoms with Crippen LogP contribution in [0.15, 0.2) is 61.2 Å². The maximum Gasteiger partial charge on any atom is 0.251 e. The van der Waals surface area contributed by atoms with Gasteiger partial charge in [-0.25, -0.2) is 4.98 Å². The summed E-state index contributed by atoms with van der Waals surface area (Å²) in [6.07, 6.45) is 6.20. The van der Waals surface area contributed by atoms with Crippen molar-refractivity contribution in [2.24, 2.45) is 0 Å². The molecule has 0 unspecified atom stereocenters. The van der Waals surface area contributed by atoms with Crippen molar-refractivity contribution in [2.45, 2.75) is 45.4 Å². The third kappa shape index (κ3) is 3.93. The molecule has 0 spiro atoms. The van der Waals surface area contributed by atoms with E-state index in [0.717, 1.165) is 35.4 Å². The summed E-state index contributed by atoms with van der Waals surface area (Å²) in [5.74, 6) is 0.792. The molecule has 0 saturated heterocycles. The minimum Gasteiger partial charge on any atom is -0.487 e. The van der Waals surface area contributed by atoms with Crippen molar-refractivity contribution in [1.82, 2.24) is 14.9 Å². The monoisotopic (exact) mass is 375 g/mol. The largest absolute Gasteiger partial charge is 0.487 e. The molecule has 5 heteroatoms. The summed E-state index contributed by atoms with van der Waals surface area (Å²) in [5.41, 5.74) is 3.65. The maximum absolute atomic E-state index is 12.9. The number of aromatic nitrogens is 2. The Morgan fingerprint density at radius 1 is 1.25 bits per heavy atom. The van der Waals surface area contributed by atoms with Crippen LogP contribution in [0.2, 0.25) is 0 Å². The lowest BCUT2D eigenvalue weighted by atomic mass is 9.89. The highest BCUT2D eigenvalue weighted by molar-refractivity contribution is 5.94. The van der Waals surface area contributed by atoms with Gasteiger partial charge in [0.1, 0.15) is 11.4 Å². The second-order valence-corrected chi connectivity index (χ2v) is 8.07. The fourth-order valence-corrected chi connectivity index (χ4v) is 3.68. The predicted molar refractivity (Wildman–Crippen MR) is 108 cm³/mol. The minimum absolute atomic E-state index is 0.0663. The van der Waals surface area contributed by atoms with Crippen LogP contribution in [0.3, 0.4) is 0 Å². The number of rotatable bonds is 4. The maximum atomic E-state index is 12.9. The summed E-state index contributed by atoms with van der Waals surface area (Å²) in [6.45, 7) is 6.90. The third-order valence-corrected chi connectivity index (χ3v) is 5.07. The van der Waals surface area contributed by atoms with Gasteiger partial charge in [0.15, 0.2) is 0 Å². The molecule has 1 amide bonds. The molecule has 28 heavy (non-hydrogen) atoms. The number of ether oxygens (including phenoxy) is 1. The van der Waals surface area contributed by atoms with Crippen LogP contribution in [-0.2, 0) is 6.54 Å². The molecule has 1 aromatic heterocycles. The van der Waals surface area contributed by atoms with Crippen LogP contribution in [0.1, 0.15) is 53.4 Å². The third-order valence-electron chi connectivity index (χ3n) is 5.07. The first-order valence-corrected chi connectivity index (χ1v) is 9.55. The van der Waals surface area contributed by atoms with Crippen molar-refractivity contribution in [3.8, 4) is 5.75 Å². The molecule has 0 bridgehead atoms. The molecule has 2 aromatic carbocycles. The van der Waals surface area contributed by atoms with E-state index in [1.807, 2.05) is 48.0 Å². The lowest BCUT2D eigenvalue weighted by Gasteiger charge is -2.38. The number of benzene rings is 2. The van der Waals surface area contributed by atoms with Gasteiger partial charge in [-0.3, -0.25) is 4.79 Å². The Labute approximate surface area is 165 Å². The highest BCUT2D eigenvalue weighted by atomic mass is 16.5. The van der Waals surface area contributed by atoms with Crippen molar-refractivity contribution < 1.29 is 9.53 Å². The quantitative estimate of drug-likeness (QED) is 0.741. The number of aryl methyl sites for hydroxylation is 1. The molecule has 144 valence electrons. The van der Waals surface area contributed by atoms with Crippen LogP contribution in [0.4, 0.5) is 0 Å². The second-order valence-electron chi connectivity index (χ2n) is 8.07. The van der Waals surface area contributed by atoms with Crippen LogP contribution in [0.5, 0.6) is 5.75 Å². The minimum atomic E-state index is -0.326. The smallest absolute Gasteiger partial charge is 0.251 e. The standard InChI is InChI=1S/C23H25N3O2/c1-16-4-9-19-20(13-23(2,3)28-21(19)12-16)25-22(27)18-7-5-17(6-8-18)14-26-11-10-24-15-26/h4-12,15,20H,13-14H2,1-3H3,(H,25,27)/t20-/m1/s1. The Morgan fingerprint density at radius 3 is 2.75 bits per heavy atom. The lowest BCUT2D eigenvalue weighted by molar-refractivity contribution is 0.0619. The molecule has 0 fully saturated rings. The van der Waals surface area contributed by atoms with E-state index in [0.29, 0.717) is 5.56 Å². The number of nitrogens with zero attached hydrogens (tertiary/aromatic N) is 2. The topological polar surface area (TPSA) is 56.1 Å². The number of nitrogens with one attached hydrogen (secondary N) is 1. The highest BCUT2D eigenvalue weighted by Gasteiger charge is 2.34. The number of imidazole rings is 1. The van der Waals surface area contributed by atoms with Gasteiger partial charge < -0.3 is 14.6 Å². The van der Waals surface area contributed by atoms with E-state index in [9.17, 15) is 4.79 Å². The van der Waals surface area contributed by atoms with E-state index >= 15 is 0 Å². The molecule has 0 saturated carbocycles. The van der Waals surface area contributed by atoms with Crippen molar-refractivity contribution in [3.63, 3.8) is 0 Å². The molecule has 3 aromatic rings. The molecule has 2 heterocycles. The first-order chi connectivity index (χ1) is 13.4. The van der Waals surface area contributed by atoms with Crippen molar-refractivity contribution in [2.75, 3.05) is 0 Å². The summed E-state index contributed by atoms with van der Waals surface area (Å²) in [7, 11) is 0. The molecule has 0 aliphatic carbocycles. The average molecular weight is 375 g/mol. The van der Waals surface area contributed by atoms with E-state index in [1.165, 1.54) is 0 Å². The number of carbonyl (C=O) groups is 1. The Kier molecular flexibility index (Phi) is 4.67. The molecular formula is C23H25N3O2. The van der Waals surface area contributed by atoms with Gasteiger partial charge in [0.25, 0.3) is 5.91 Å². The predicted octanol–water partition coefficient (Wildman–Crippen LogP) is 4.27. The van der Waals surface area contributed by atoms with Gasteiger partial charge in [0.2, 0.25) is 0 Å². The van der Waals surface area contributed by atoms with E-state index in [-0.39, 0.29) is 17.6 Å². The zero-order chi connectivity index (χ0) is 19.7. The van der Waals surface area contributed by atoms with Crippen molar-refractivity contribution >= 4 is 5.91 Å². The van der Waals surface area contributed by atoms with Gasteiger partial charge in [-0.2, -0.15) is 0 Å². The van der Waals surface area contributed by atoms with Crippen LogP contribution in [-0.4, -0.2) is 21.1 Å². The molecule has 1 N–H and O–H groups in total. The van der Waals surface area contributed by atoms with Gasteiger partial charge in [0, 0.05) is 36.5 Å². The van der Waals surface area contributed by atoms with Gasteiger partial charge >= 0.3 is 0 Å². The fraction of sp³-hybridized carbons (Fsp3) is 0.304. The molecule has 5 nitrogen and oxygen atoms in total. The molecule has 4 rings (SSSR count). The lowest BCUT2D eigenvalue weighted by Crippen LogP contribution is -2.41. The molecule has 1 atom stereocenters. The molecular weight excluding hydrogens is 350 g/mol. The van der Waals surface area contributed by atoms with Crippen molar-refractivity contribution in [3.05, 3.63) is 83.4 Å². The Morgan fingerprint density at radius 2 is 2.04 bits per heavy atom. The Balaban J connectivity index is 1.50. The number of hydrogen-bond donors (Lipinski definition) is 1. The van der Waals surface area contributed by atoms with E-state index in [2.05, 4.69) is 36.3 Å². The second kappa shape index (κ2) is 7.15. The van der Waals surface area contributed by atoms with Crippen LogP contribution < -0.4 is 10.1 Å².